The Balaban J connectivity index is 1.43. The van der Waals surface area contributed by atoms with Gasteiger partial charge >= 0.3 is 0 Å². The Kier molecular flexibility index (Phi) is 5.16. The van der Waals surface area contributed by atoms with Crippen molar-refractivity contribution in [1.82, 2.24) is 19.9 Å². The third kappa shape index (κ3) is 3.98. The first kappa shape index (κ1) is 20.6. The number of pyridine rings is 2. The number of carbonyl (C=O) groups excluding carboxylic acids is 1. The summed E-state index contributed by atoms with van der Waals surface area (Å²) in [5.74, 6) is -0.210. The molecule has 0 bridgehead atoms. The van der Waals surface area contributed by atoms with E-state index in [-0.39, 0.29) is 5.91 Å². The van der Waals surface area contributed by atoms with Crippen molar-refractivity contribution in [2.24, 2.45) is 0 Å². The third-order valence-electron chi connectivity index (χ3n) is 5.78. The first-order chi connectivity index (χ1) is 17.3. The zero-order valence-electron chi connectivity index (χ0n) is 18.6. The molecule has 1 amide bonds. The number of amides is 1. The predicted molar refractivity (Wildman–Crippen MR) is 138 cm³/mol. The normalized spacial score (nSPS) is 11.0. The molecule has 166 valence electrons. The zero-order valence-corrected chi connectivity index (χ0v) is 18.6. The van der Waals surface area contributed by atoms with E-state index in [0.29, 0.717) is 39.4 Å². The van der Waals surface area contributed by atoms with Gasteiger partial charge in [0.15, 0.2) is 0 Å². The number of nitrogens with one attached hydrogen (secondary N) is 1. The molecule has 0 aliphatic rings. The maximum absolute atomic E-state index is 13.2. The molecule has 0 unspecified atom stereocenters. The number of benzene rings is 3. The van der Waals surface area contributed by atoms with Crippen molar-refractivity contribution in [2.45, 2.75) is 0 Å². The van der Waals surface area contributed by atoms with Crippen LogP contribution in [-0.2, 0) is 0 Å². The average molecular weight is 454 g/mol. The van der Waals surface area contributed by atoms with Crippen molar-refractivity contribution in [3.63, 3.8) is 0 Å². The van der Waals surface area contributed by atoms with Crippen molar-refractivity contribution < 1.29 is 4.79 Å². The Bertz CT molecular complexity index is 1680. The topological polar surface area (TPSA) is 80.7 Å². The summed E-state index contributed by atoms with van der Waals surface area (Å²) < 4.78 is 0. The van der Waals surface area contributed by atoms with Gasteiger partial charge in [-0.15, -0.1) is 0 Å². The van der Waals surface area contributed by atoms with Gasteiger partial charge in [-0.05, 0) is 53.9 Å². The van der Waals surface area contributed by atoms with Crippen LogP contribution < -0.4 is 5.32 Å². The highest BCUT2D eigenvalue weighted by molar-refractivity contribution is 6.10. The Hall–Kier alpha value is -4.97. The van der Waals surface area contributed by atoms with Gasteiger partial charge < -0.3 is 5.32 Å². The quantitative estimate of drug-likeness (QED) is 0.346. The van der Waals surface area contributed by atoms with Crippen LogP contribution in [0.5, 0.6) is 0 Å². The summed E-state index contributed by atoms with van der Waals surface area (Å²) in [5, 5.41) is 5.09. The van der Waals surface area contributed by atoms with Gasteiger partial charge in [0.25, 0.3) is 5.91 Å². The molecule has 0 saturated carbocycles. The summed E-state index contributed by atoms with van der Waals surface area (Å²) in [4.78, 5) is 31.8. The van der Waals surface area contributed by atoms with Gasteiger partial charge in [0.05, 0.1) is 22.4 Å². The summed E-state index contributed by atoms with van der Waals surface area (Å²) in [6.45, 7) is 0. The first-order valence-electron chi connectivity index (χ1n) is 11.2. The second kappa shape index (κ2) is 8.76. The number of fused-ring (bicyclic) bond motifs is 2. The molecule has 3 aromatic carbocycles. The Labute approximate surface area is 201 Å². The molecule has 35 heavy (non-hydrogen) atoms. The SMILES string of the molecule is O=C(Nc1cccc2ccccc12)c1ccc2nc(-c3ccccn3)c(-c3ccccn3)nc2c1. The maximum Gasteiger partial charge on any atom is 0.255 e. The molecule has 3 aromatic heterocycles. The fraction of sp³-hybridized carbons (Fsp3) is 0. The highest BCUT2D eigenvalue weighted by Gasteiger charge is 2.16. The Morgan fingerprint density at radius 1 is 0.629 bits per heavy atom. The van der Waals surface area contributed by atoms with E-state index in [1.807, 2.05) is 84.9 Å². The first-order valence-corrected chi connectivity index (χ1v) is 11.2. The van der Waals surface area contributed by atoms with Gasteiger partial charge in [-0.3, -0.25) is 14.8 Å². The van der Waals surface area contributed by atoms with Crippen LogP contribution in [0.2, 0.25) is 0 Å². The largest absolute Gasteiger partial charge is 0.321 e. The van der Waals surface area contributed by atoms with Gasteiger partial charge in [-0.2, -0.15) is 0 Å². The minimum absolute atomic E-state index is 0.210. The van der Waals surface area contributed by atoms with Gasteiger partial charge in [0, 0.05) is 29.0 Å². The molecule has 6 aromatic rings. The molecule has 0 atom stereocenters. The Morgan fingerprint density at radius 3 is 2.00 bits per heavy atom. The van der Waals surface area contributed by atoms with Crippen LogP contribution in [0.4, 0.5) is 5.69 Å². The summed E-state index contributed by atoms with van der Waals surface area (Å²) >= 11 is 0. The van der Waals surface area contributed by atoms with Crippen LogP contribution in [0, 0.1) is 0 Å². The van der Waals surface area contributed by atoms with Crippen LogP contribution in [0.1, 0.15) is 10.4 Å². The highest BCUT2D eigenvalue weighted by Crippen LogP contribution is 2.29. The van der Waals surface area contributed by atoms with Gasteiger partial charge in [-0.25, -0.2) is 9.97 Å². The lowest BCUT2D eigenvalue weighted by Crippen LogP contribution is -2.12. The summed E-state index contributed by atoms with van der Waals surface area (Å²) in [7, 11) is 0. The summed E-state index contributed by atoms with van der Waals surface area (Å²) in [6, 6.07) is 30.5. The van der Waals surface area contributed by atoms with Crippen LogP contribution in [0.25, 0.3) is 44.6 Å². The molecule has 6 rings (SSSR count). The number of hydrogen-bond donors (Lipinski definition) is 1. The molecular formula is C29H19N5O. The highest BCUT2D eigenvalue weighted by atomic mass is 16.1. The minimum Gasteiger partial charge on any atom is -0.321 e. The lowest BCUT2D eigenvalue weighted by molar-refractivity contribution is 0.102. The van der Waals surface area contributed by atoms with Crippen molar-refractivity contribution in [2.75, 3.05) is 5.32 Å². The van der Waals surface area contributed by atoms with Gasteiger partial charge in [-0.1, -0.05) is 48.5 Å². The van der Waals surface area contributed by atoms with Crippen LogP contribution in [0.3, 0.4) is 0 Å². The zero-order chi connectivity index (χ0) is 23.6. The second-order valence-corrected chi connectivity index (χ2v) is 8.04. The number of aromatic nitrogens is 4. The van der Waals surface area contributed by atoms with Crippen molar-refractivity contribution in [3.8, 4) is 22.8 Å². The molecule has 0 fully saturated rings. The fourth-order valence-electron chi connectivity index (χ4n) is 4.09. The van der Waals surface area contributed by atoms with E-state index >= 15 is 0 Å². The van der Waals surface area contributed by atoms with E-state index in [2.05, 4.69) is 15.3 Å². The molecule has 0 spiro atoms. The van der Waals surface area contributed by atoms with E-state index < -0.39 is 0 Å². The van der Waals surface area contributed by atoms with Crippen molar-refractivity contribution in [1.29, 1.82) is 0 Å². The van der Waals surface area contributed by atoms with Crippen LogP contribution >= 0.6 is 0 Å². The Morgan fingerprint density at radius 2 is 1.29 bits per heavy atom. The van der Waals surface area contributed by atoms with Crippen molar-refractivity contribution in [3.05, 3.63) is 115 Å². The number of carbonyl (C=O) groups is 1. The molecular weight excluding hydrogens is 434 g/mol. The monoisotopic (exact) mass is 453 g/mol. The van der Waals surface area contributed by atoms with Crippen LogP contribution in [0.15, 0.2) is 109 Å². The number of nitrogens with zero attached hydrogens (tertiary/aromatic N) is 4. The molecule has 1 N–H and O–H groups in total. The molecule has 3 heterocycles. The average Bonchev–Trinajstić information content (AvgIpc) is 2.93. The summed E-state index contributed by atoms with van der Waals surface area (Å²) in [5.41, 5.74) is 5.20. The second-order valence-electron chi connectivity index (χ2n) is 8.04. The molecule has 0 saturated heterocycles. The molecule has 0 radical (unpaired) electrons. The standard InChI is InChI=1S/C29H19N5O/c35-29(34-22-13-7-9-19-8-1-2-10-21(19)22)20-14-15-23-26(18-20)33-28(25-12-4-6-17-31-25)27(32-23)24-11-3-5-16-30-24/h1-18H,(H,34,35). The summed E-state index contributed by atoms with van der Waals surface area (Å²) in [6.07, 6.45) is 3.45. The third-order valence-corrected chi connectivity index (χ3v) is 5.78. The lowest BCUT2D eigenvalue weighted by Gasteiger charge is -2.11. The van der Waals surface area contributed by atoms with Crippen LogP contribution in [-0.4, -0.2) is 25.8 Å². The van der Waals surface area contributed by atoms with E-state index in [0.717, 1.165) is 16.5 Å². The van der Waals surface area contributed by atoms with E-state index in [1.54, 1.807) is 24.5 Å². The van der Waals surface area contributed by atoms with Gasteiger partial charge in [0.1, 0.15) is 11.4 Å². The maximum atomic E-state index is 13.2. The molecule has 0 aliphatic heterocycles. The van der Waals surface area contributed by atoms with E-state index in [9.17, 15) is 4.79 Å². The smallest absolute Gasteiger partial charge is 0.255 e. The minimum atomic E-state index is -0.210. The van der Waals surface area contributed by atoms with E-state index in [1.165, 1.54) is 0 Å². The predicted octanol–water partition coefficient (Wildman–Crippen LogP) is 6.16. The lowest BCUT2D eigenvalue weighted by atomic mass is 10.1. The molecule has 0 aliphatic carbocycles. The fourth-order valence-corrected chi connectivity index (χ4v) is 4.09. The van der Waals surface area contributed by atoms with E-state index in [4.69, 9.17) is 9.97 Å². The molecule has 6 nitrogen and oxygen atoms in total. The number of anilines is 1. The van der Waals surface area contributed by atoms with Crippen molar-refractivity contribution >= 4 is 33.4 Å². The number of rotatable bonds is 4. The van der Waals surface area contributed by atoms with Gasteiger partial charge in [0.2, 0.25) is 0 Å². The number of hydrogen-bond acceptors (Lipinski definition) is 5. The molecule has 6 heteroatoms.